The molecular formula is C26H26N6O2. The summed E-state index contributed by atoms with van der Waals surface area (Å²) in [5.41, 5.74) is 4.90. The SMILES string of the molecule is COCCn1cnc2c(c1=O)c1nc3ccccc3nc1n2/N=C/c1ccc(C(C)(C)C)cc1. The van der Waals surface area contributed by atoms with Crippen molar-refractivity contribution in [3.8, 4) is 0 Å². The Morgan fingerprint density at radius 1 is 1.00 bits per heavy atom. The number of ether oxygens (including phenoxy) is 1. The molecule has 0 atom stereocenters. The van der Waals surface area contributed by atoms with Crippen molar-refractivity contribution in [1.82, 2.24) is 24.2 Å². The molecule has 172 valence electrons. The molecule has 0 saturated carbocycles. The number of para-hydroxylation sites is 2. The molecule has 0 unspecified atom stereocenters. The fraction of sp³-hybridized carbons (Fsp3) is 0.269. The van der Waals surface area contributed by atoms with Gasteiger partial charge >= 0.3 is 0 Å². The van der Waals surface area contributed by atoms with Crippen molar-refractivity contribution >= 4 is 39.4 Å². The van der Waals surface area contributed by atoms with Gasteiger partial charge in [0.2, 0.25) is 0 Å². The van der Waals surface area contributed by atoms with Crippen LogP contribution in [0, 0.1) is 0 Å². The Hall–Kier alpha value is -3.91. The van der Waals surface area contributed by atoms with Crippen LogP contribution >= 0.6 is 0 Å². The lowest BCUT2D eigenvalue weighted by atomic mass is 9.87. The molecule has 0 aliphatic heterocycles. The van der Waals surface area contributed by atoms with Gasteiger partial charge in [0.25, 0.3) is 5.56 Å². The van der Waals surface area contributed by atoms with Crippen molar-refractivity contribution in [2.24, 2.45) is 5.10 Å². The van der Waals surface area contributed by atoms with E-state index in [-0.39, 0.29) is 11.0 Å². The number of nitrogens with zero attached hydrogens (tertiary/aromatic N) is 6. The smallest absolute Gasteiger partial charge is 0.265 e. The maximum Gasteiger partial charge on any atom is 0.265 e. The summed E-state index contributed by atoms with van der Waals surface area (Å²) in [5, 5.41) is 5.07. The van der Waals surface area contributed by atoms with E-state index in [0.717, 1.165) is 11.1 Å². The third-order valence-electron chi connectivity index (χ3n) is 5.84. The summed E-state index contributed by atoms with van der Waals surface area (Å²) >= 11 is 0. The fourth-order valence-electron chi connectivity index (χ4n) is 3.91. The highest BCUT2D eigenvalue weighted by molar-refractivity contribution is 6.04. The fourth-order valence-corrected chi connectivity index (χ4v) is 3.91. The molecule has 0 spiro atoms. The maximum atomic E-state index is 13.3. The Labute approximate surface area is 196 Å². The van der Waals surface area contributed by atoms with Gasteiger partial charge in [-0.2, -0.15) is 9.78 Å². The zero-order valence-electron chi connectivity index (χ0n) is 19.7. The van der Waals surface area contributed by atoms with Crippen molar-refractivity contribution in [1.29, 1.82) is 0 Å². The molecule has 0 radical (unpaired) electrons. The molecule has 0 fully saturated rings. The lowest BCUT2D eigenvalue weighted by molar-refractivity contribution is 0.186. The van der Waals surface area contributed by atoms with E-state index in [4.69, 9.17) is 14.7 Å². The normalized spacial score (nSPS) is 12.5. The van der Waals surface area contributed by atoms with Gasteiger partial charge in [0, 0.05) is 7.11 Å². The minimum atomic E-state index is -0.194. The molecule has 8 heteroatoms. The van der Waals surface area contributed by atoms with Crippen molar-refractivity contribution < 1.29 is 4.74 Å². The highest BCUT2D eigenvalue weighted by Gasteiger charge is 2.19. The molecule has 0 saturated heterocycles. The van der Waals surface area contributed by atoms with Crippen LogP contribution in [0.5, 0.6) is 0 Å². The van der Waals surface area contributed by atoms with Crippen LogP contribution in [0.1, 0.15) is 31.9 Å². The van der Waals surface area contributed by atoms with Crippen LogP contribution in [-0.2, 0) is 16.7 Å². The van der Waals surface area contributed by atoms with Gasteiger partial charge in [-0.15, -0.1) is 0 Å². The van der Waals surface area contributed by atoms with E-state index < -0.39 is 0 Å². The van der Waals surface area contributed by atoms with Gasteiger partial charge in [-0.05, 0) is 28.7 Å². The molecule has 0 aliphatic rings. The van der Waals surface area contributed by atoms with E-state index in [1.807, 2.05) is 36.4 Å². The van der Waals surface area contributed by atoms with E-state index in [1.54, 1.807) is 18.0 Å². The Morgan fingerprint density at radius 2 is 1.71 bits per heavy atom. The molecule has 0 amide bonds. The Bertz CT molecular complexity index is 1590. The number of hydrogen-bond acceptors (Lipinski definition) is 6. The van der Waals surface area contributed by atoms with Crippen LogP contribution in [0.4, 0.5) is 0 Å². The number of benzene rings is 2. The van der Waals surface area contributed by atoms with Crippen LogP contribution < -0.4 is 5.56 Å². The lowest BCUT2D eigenvalue weighted by Gasteiger charge is -2.18. The van der Waals surface area contributed by atoms with Gasteiger partial charge in [0.05, 0.1) is 30.4 Å². The quantitative estimate of drug-likeness (QED) is 0.373. The van der Waals surface area contributed by atoms with Crippen LogP contribution in [0.3, 0.4) is 0 Å². The Kier molecular flexibility index (Phi) is 5.45. The first-order valence-electron chi connectivity index (χ1n) is 11.2. The largest absolute Gasteiger partial charge is 0.383 e. The highest BCUT2D eigenvalue weighted by Crippen LogP contribution is 2.25. The monoisotopic (exact) mass is 454 g/mol. The molecular weight excluding hydrogens is 428 g/mol. The van der Waals surface area contributed by atoms with Crippen LogP contribution in [0.15, 0.2) is 64.8 Å². The third kappa shape index (κ3) is 3.86. The second-order valence-corrected chi connectivity index (χ2v) is 9.25. The molecule has 8 nitrogen and oxygen atoms in total. The Morgan fingerprint density at radius 3 is 2.38 bits per heavy atom. The third-order valence-corrected chi connectivity index (χ3v) is 5.84. The summed E-state index contributed by atoms with van der Waals surface area (Å²) in [5.74, 6) is 0. The second kappa shape index (κ2) is 8.46. The van der Waals surface area contributed by atoms with Gasteiger partial charge in [-0.1, -0.05) is 57.2 Å². The highest BCUT2D eigenvalue weighted by atomic mass is 16.5. The molecule has 0 N–H and O–H groups in total. The maximum absolute atomic E-state index is 13.3. The summed E-state index contributed by atoms with van der Waals surface area (Å²) in [7, 11) is 1.60. The average molecular weight is 455 g/mol. The molecule has 5 rings (SSSR count). The number of hydrogen-bond donors (Lipinski definition) is 0. The molecule has 0 aliphatic carbocycles. The number of aromatic nitrogens is 5. The predicted molar refractivity (Wildman–Crippen MR) is 135 cm³/mol. The van der Waals surface area contributed by atoms with Crippen molar-refractivity contribution in [2.75, 3.05) is 13.7 Å². The van der Waals surface area contributed by atoms with Crippen LogP contribution in [0.25, 0.3) is 33.2 Å². The topological polar surface area (TPSA) is 87.2 Å². The van der Waals surface area contributed by atoms with Gasteiger partial charge < -0.3 is 4.74 Å². The van der Waals surface area contributed by atoms with E-state index in [0.29, 0.717) is 40.9 Å². The minimum absolute atomic E-state index is 0.0752. The summed E-state index contributed by atoms with van der Waals surface area (Å²) < 4.78 is 8.27. The van der Waals surface area contributed by atoms with E-state index in [1.165, 1.54) is 16.5 Å². The molecule has 2 aromatic carbocycles. The molecule has 5 aromatic rings. The molecule has 3 aromatic heterocycles. The van der Waals surface area contributed by atoms with Crippen LogP contribution in [-0.4, -0.2) is 44.1 Å². The zero-order valence-corrected chi connectivity index (χ0v) is 19.7. The van der Waals surface area contributed by atoms with Crippen molar-refractivity contribution in [3.63, 3.8) is 0 Å². The first-order chi connectivity index (χ1) is 16.4. The number of methoxy groups -OCH3 is 1. The van der Waals surface area contributed by atoms with Gasteiger partial charge in [-0.3, -0.25) is 9.36 Å². The van der Waals surface area contributed by atoms with Crippen molar-refractivity contribution in [3.05, 3.63) is 76.3 Å². The van der Waals surface area contributed by atoms with Gasteiger partial charge in [0.15, 0.2) is 11.3 Å². The summed E-state index contributed by atoms with van der Waals surface area (Å²) in [6.07, 6.45) is 3.27. The molecule has 3 heterocycles. The summed E-state index contributed by atoms with van der Waals surface area (Å²) in [6.45, 7) is 7.35. The summed E-state index contributed by atoms with van der Waals surface area (Å²) in [6, 6.07) is 15.9. The molecule has 0 bridgehead atoms. The first-order valence-corrected chi connectivity index (χ1v) is 11.2. The van der Waals surface area contributed by atoms with Gasteiger partial charge in [-0.25, -0.2) is 15.0 Å². The first kappa shape index (κ1) is 21.9. The Balaban J connectivity index is 1.71. The van der Waals surface area contributed by atoms with Gasteiger partial charge in [0.1, 0.15) is 17.2 Å². The minimum Gasteiger partial charge on any atom is -0.383 e. The van der Waals surface area contributed by atoms with E-state index in [2.05, 4.69) is 43.0 Å². The predicted octanol–water partition coefficient (Wildman–Crippen LogP) is 4.12. The lowest BCUT2D eigenvalue weighted by Crippen LogP contribution is -2.22. The summed E-state index contributed by atoms with van der Waals surface area (Å²) in [4.78, 5) is 27.4. The average Bonchev–Trinajstić information content (AvgIpc) is 3.13. The van der Waals surface area contributed by atoms with Crippen molar-refractivity contribution in [2.45, 2.75) is 32.7 Å². The van der Waals surface area contributed by atoms with Crippen LogP contribution in [0.2, 0.25) is 0 Å². The number of rotatable bonds is 5. The molecule has 34 heavy (non-hydrogen) atoms. The number of fused-ring (bicyclic) bond motifs is 4. The zero-order chi connectivity index (χ0) is 23.9. The van der Waals surface area contributed by atoms with E-state index >= 15 is 0 Å². The second-order valence-electron chi connectivity index (χ2n) is 9.25. The standard InChI is InChI=1S/C26H26N6O2/c1-26(2,3)18-11-9-17(10-12-18)15-28-32-23-21(25(33)31(16-27-23)13-14-34-4)22-24(32)30-20-8-6-5-7-19(20)29-22/h5-12,15-16H,13-14H2,1-4H3/b28-15+. The van der Waals surface area contributed by atoms with E-state index in [9.17, 15) is 4.79 Å².